The number of aryl methyl sites for hydroxylation is 1. The lowest BCUT2D eigenvalue weighted by Crippen LogP contribution is -2.41. The van der Waals surface area contributed by atoms with Crippen molar-refractivity contribution in [3.63, 3.8) is 0 Å². The first kappa shape index (κ1) is 26.8. The second kappa shape index (κ2) is 12.3. The Hall–Kier alpha value is -2.29. The zero-order chi connectivity index (χ0) is 25.5. The molecule has 1 fully saturated rings. The molecule has 0 aliphatic carbocycles. The number of halogens is 2. The predicted molar refractivity (Wildman–Crippen MR) is 142 cm³/mol. The molecule has 1 atom stereocenters. The van der Waals surface area contributed by atoms with Crippen LogP contribution < -0.4 is 4.74 Å². The van der Waals surface area contributed by atoms with Gasteiger partial charge in [0.15, 0.2) is 0 Å². The molecule has 0 spiro atoms. The molecule has 0 amide bonds. The third kappa shape index (κ3) is 6.72. The van der Waals surface area contributed by atoms with Crippen LogP contribution in [0.5, 0.6) is 5.75 Å². The number of carbonyl (C=O) groups is 1. The van der Waals surface area contributed by atoms with Gasteiger partial charge in [-0.05, 0) is 88.2 Å². The Morgan fingerprint density at radius 2 is 2.11 bits per heavy atom. The van der Waals surface area contributed by atoms with E-state index in [4.69, 9.17) is 16.3 Å². The van der Waals surface area contributed by atoms with Gasteiger partial charge >= 0.3 is 5.97 Å². The predicted octanol–water partition coefficient (Wildman–Crippen LogP) is 6.72. The third-order valence-electron chi connectivity index (χ3n) is 7.35. The standard InChI is InChI=1S/C27H33ClFN3O3S/c1-35-19-5-6-23-20(16-19)26(21(28)18-31-23)22(29)7-8-27(17-25(33)34)9-13-32(14-10-27)12-3-2-4-24-30-11-15-36-24/h5-6,11,15-16,18,22H,2-4,7-10,12-14,17H2,1H3,(H,33,34)/t22-/m1/s1. The molecule has 0 radical (unpaired) electrons. The van der Waals surface area contributed by atoms with Crippen LogP contribution in [-0.4, -0.2) is 52.7 Å². The number of aliphatic carboxylic acids is 1. The number of ether oxygens (including phenoxy) is 1. The zero-order valence-electron chi connectivity index (χ0n) is 20.6. The van der Waals surface area contributed by atoms with Crippen molar-refractivity contribution in [3.05, 3.63) is 51.6 Å². The first-order valence-corrected chi connectivity index (χ1v) is 13.7. The van der Waals surface area contributed by atoms with Crippen LogP contribution in [0.2, 0.25) is 5.02 Å². The molecule has 6 nitrogen and oxygen atoms in total. The number of alkyl halides is 1. The normalized spacial score (nSPS) is 16.8. The summed E-state index contributed by atoms with van der Waals surface area (Å²) in [5.41, 5.74) is 0.658. The number of thiazole rings is 1. The van der Waals surface area contributed by atoms with Crippen molar-refractivity contribution in [2.24, 2.45) is 5.41 Å². The zero-order valence-corrected chi connectivity index (χ0v) is 22.2. The number of rotatable bonds is 12. The molecule has 1 aliphatic rings. The summed E-state index contributed by atoms with van der Waals surface area (Å²) < 4.78 is 21.0. The molecule has 2 aromatic heterocycles. The number of carboxylic acids is 1. The lowest BCUT2D eigenvalue weighted by atomic mass is 9.71. The lowest BCUT2D eigenvalue weighted by Gasteiger charge is -2.41. The van der Waals surface area contributed by atoms with Crippen molar-refractivity contribution in [2.75, 3.05) is 26.7 Å². The van der Waals surface area contributed by atoms with Gasteiger partial charge in [0.1, 0.15) is 11.9 Å². The van der Waals surface area contributed by atoms with Gasteiger partial charge in [-0.2, -0.15) is 0 Å². The van der Waals surface area contributed by atoms with Crippen LogP contribution >= 0.6 is 22.9 Å². The highest BCUT2D eigenvalue weighted by Crippen LogP contribution is 2.44. The Balaban J connectivity index is 1.37. The van der Waals surface area contributed by atoms with Crippen LogP contribution in [0, 0.1) is 5.41 Å². The SMILES string of the molecule is COc1ccc2ncc(Cl)c([C@H](F)CCC3(CC(=O)O)CCN(CCCCc4nccs4)CC3)c2c1. The van der Waals surface area contributed by atoms with E-state index in [-0.39, 0.29) is 17.9 Å². The summed E-state index contributed by atoms with van der Waals surface area (Å²) in [5.74, 6) is -0.208. The number of benzene rings is 1. The number of pyridine rings is 1. The number of piperidine rings is 1. The molecule has 4 rings (SSSR count). The molecule has 0 saturated carbocycles. The van der Waals surface area contributed by atoms with Gasteiger partial charge in [0.2, 0.25) is 0 Å². The van der Waals surface area contributed by atoms with Crippen molar-refractivity contribution in [1.29, 1.82) is 0 Å². The molecular formula is C27H33ClFN3O3S. The summed E-state index contributed by atoms with van der Waals surface area (Å²) in [6.45, 7) is 2.69. The van der Waals surface area contributed by atoms with Crippen LogP contribution in [0.15, 0.2) is 36.0 Å². The molecule has 3 heterocycles. The molecule has 0 bridgehead atoms. The van der Waals surface area contributed by atoms with E-state index in [1.807, 2.05) is 11.6 Å². The minimum Gasteiger partial charge on any atom is -0.497 e. The van der Waals surface area contributed by atoms with Crippen LogP contribution in [0.25, 0.3) is 10.9 Å². The van der Waals surface area contributed by atoms with E-state index in [1.165, 1.54) is 11.2 Å². The van der Waals surface area contributed by atoms with Gasteiger partial charge in [0.25, 0.3) is 0 Å². The average molecular weight is 534 g/mol. The van der Waals surface area contributed by atoms with Gasteiger partial charge in [-0.1, -0.05) is 11.6 Å². The van der Waals surface area contributed by atoms with E-state index in [0.717, 1.165) is 51.7 Å². The summed E-state index contributed by atoms with van der Waals surface area (Å²) in [7, 11) is 1.56. The van der Waals surface area contributed by atoms with Crippen molar-refractivity contribution in [1.82, 2.24) is 14.9 Å². The number of methoxy groups -OCH3 is 1. The van der Waals surface area contributed by atoms with E-state index < -0.39 is 17.6 Å². The summed E-state index contributed by atoms with van der Waals surface area (Å²) in [5, 5.41) is 13.7. The number of nitrogens with zero attached hydrogens (tertiary/aromatic N) is 3. The fourth-order valence-corrected chi connectivity index (χ4v) is 6.20. The second-order valence-corrected chi connectivity index (χ2v) is 11.1. The number of aromatic nitrogens is 2. The van der Waals surface area contributed by atoms with Crippen molar-refractivity contribution >= 4 is 39.8 Å². The van der Waals surface area contributed by atoms with Gasteiger partial charge in [0.05, 0.1) is 29.1 Å². The number of hydrogen-bond donors (Lipinski definition) is 1. The summed E-state index contributed by atoms with van der Waals surface area (Å²) in [6, 6.07) is 5.34. The molecule has 1 aromatic carbocycles. The van der Waals surface area contributed by atoms with Gasteiger partial charge in [-0.3, -0.25) is 9.78 Å². The van der Waals surface area contributed by atoms with Gasteiger partial charge in [0, 0.05) is 28.7 Å². The average Bonchev–Trinajstić information content (AvgIpc) is 3.39. The Bertz CT molecular complexity index is 1150. The summed E-state index contributed by atoms with van der Waals surface area (Å²) >= 11 is 8.09. The molecule has 0 unspecified atom stereocenters. The van der Waals surface area contributed by atoms with Gasteiger partial charge in [-0.25, -0.2) is 9.37 Å². The Morgan fingerprint density at radius 1 is 1.31 bits per heavy atom. The van der Waals surface area contributed by atoms with Crippen molar-refractivity contribution in [2.45, 2.75) is 57.5 Å². The van der Waals surface area contributed by atoms with Crippen LogP contribution in [0.4, 0.5) is 4.39 Å². The third-order valence-corrected chi connectivity index (χ3v) is 8.49. The molecule has 1 aliphatic heterocycles. The van der Waals surface area contributed by atoms with Crippen LogP contribution in [0.1, 0.15) is 61.7 Å². The largest absolute Gasteiger partial charge is 0.497 e. The van der Waals surface area contributed by atoms with E-state index in [2.05, 4.69) is 14.9 Å². The van der Waals surface area contributed by atoms with Crippen LogP contribution in [-0.2, 0) is 11.2 Å². The van der Waals surface area contributed by atoms with E-state index in [0.29, 0.717) is 28.6 Å². The fourth-order valence-electron chi connectivity index (χ4n) is 5.27. The number of unbranched alkanes of at least 4 members (excludes halogenated alkanes) is 1. The van der Waals surface area contributed by atoms with E-state index in [1.54, 1.807) is 36.6 Å². The molecular weight excluding hydrogens is 501 g/mol. The monoisotopic (exact) mass is 533 g/mol. The van der Waals surface area contributed by atoms with Crippen LogP contribution in [0.3, 0.4) is 0 Å². The quantitative estimate of drug-likeness (QED) is 0.260. The summed E-state index contributed by atoms with van der Waals surface area (Å²) in [4.78, 5) is 22.8. The first-order valence-electron chi connectivity index (χ1n) is 12.5. The second-order valence-electron chi connectivity index (χ2n) is 9.70. The molecule has 3 aromatic rings. The smallest absolute Gasteiger partial charge is 0.303 e. The van der Waals surface area contributed by atoms with E-state index >= 15 is 4.39 Å². The number of fused-ring (bicyclic) bond motifs is 1. The number of hydrogen-bond acceptors (Lipinski definition) is 6. The molecule has 36 heavy (non-hydrogen) atoms. The molecule has 194 valence electrons. The van der Waals surface area contributed by atoms with Crippen molar-refractivity contribution < 1.29 is 19.0 Å². The highest BCUT2D eigenvalue weighted by Gasteiger charge is 2.37. The minimum atomic E-state index is -1.32. The highest BCUT2D eigenvalue weighted by atomic mass is 35.5. The Kier molecular flexibility index (Phi) is 9.14. The maximum absolute atomic E-state index is 15.7. The molecule has 1 saturated heterocycles. The lowest BCUT2D eigenvalue weighted by molar-refractivity contribution is -0.141. The Labute approximate surface area is 220 Å². The number of likely N-dealkylation sites (tertiary alicyclic amines) is 1. The van der Waals surface area contributed by atoms with E-state index in [9.17, 15) is 9.90 Å². The fraction of sp³-hybridized carbons (Fsp3) is 0.519. The maximum atomic E-state index is 15.7. The summed E-state index contributed by atoms with van der Waals surface area (Å²) in [6.07, 6.45) is 7.52. The van der Waals surface area contributed by atoms with Gasteiger partial charge < -0.3 is 14.7 Å². The number of carboxylic acid groups (broad SMARTS) is 1. The van der Waals surface area contributed by atoms with Gasteiger partial charge in [-0.15, -0.1) is 11.3 Å². The topological polar surface area (TPSA) is 75.6 Å². The Morgan fingerprint density at radius 3 is 2.81 bits per heavy atom. The molecule has 1 N–H and O–H groups in total. The minimum absolute atomic E-state index is 0.0657. The molecule has 9 heteroatoms. The highest BCUT2D eigenvalue weighted by molar-refractivity contribution is 7.09. The maximum Gasteiger partial charge on any atom is 0.303 e. The first-order chi connectivity index (χ1) is 17.4. The van der Waals surface area contributed by atoms with Crippen molar-refractivity contribution in [3.8, 4) is 5.75 Å².